The Kier molecular flexibility index (Phi) is 6.66. The quantitative estimate of drug-likeness (QED) is 0.196. The highest BCUT2D eigenvalue weighted by molar-refractivity contribution is 6.31. The third-order valence-corrected chi connectivity index (χ3v) is 6.33. The molecule has 36 heavy (non-hydrogen) atoms. The van der Waals surface area contributed by atoms with Crippen LogP contribution in [0.25, 0.3) is 27.6 Å². The number of anilines is 1. The van der Waals surface area contributed by atoms with Gasteiger partial charge in [-0.1, -0.05) is 96.5 Å². The molecule has 0 spiro atoms. The third kappa shape index (κ3) is 4.79. The van der Waals surface area contributed by atoms with E-state index >= 15 is 0 Å². The van der Waals surface area contributed by atoms with Crippen LogP contribution in [-0.2, 0) is 11.4 Å². The summed E-state index contributed by atoms with van der Waals surface area (Å²) in [6, 6.07) is 34.6. The van der Waals surface area contributed by atoms with Gasteiger partial charge >= 0.3 is 0 Å². The van der Waals surface area contributed by atoms with E-state index in [9.17, 15) is 10.1 Å². The van der Waals surface area contributed by atoms with Crippen molar-refractivity contribution in [2.75, 3.05) is 5.32 Å². The lowest BCUT2D eigenvalue weighted by molar-refractivity contribution is -0.112. The van der Waals surface area contributed by atoms with Gasteiger partial charge in [0.15, 0.2) is 0 Å². The largest absolute Gasteiger partial charge is 0.488 e. The summed E-state index contributed by atoms with van der Waals surface area (Å²) in [4.78, 5) is 13.2. The molecule has 5 heteroatoms. The highest BCUT2D eigenvalue weighted by Crippen LogP contribution is 2.32. The highest BCUT2D eigenvalue weighted by atomic mass is 35.5. The van der Waals surface area contributed by atoms with Crippen LogP contribution in [0.1, 0.15) is 11.1 Å². The molecule has 0 atom stereocenters. The van der Waals surface area contributed by atoms with Gasteiger partial charge in [0.1, 0.15) is 24.0 Å². The van der Waals surface area contributed by atoms with E-state index in [2.05, 4.69) is 11.4 Å². The van der Waals surface area contributed by atoms with Crippen molar-refractivity contribution in [3.63, 3.8) is 0 Å². The van der Waals surface area contributed by atoms with Crippen molar-refractivity contribution in [1.82, 2.24) is 0 Å². The second-order valence-electron chi connectivity index (χ2n) is 8.23. The van der Waals surface area contributed by atoms with Crippen LogP contribution >= 0.6 is 11.6 Å². The number of carbonyl (C=O) groups excluding carboxylic acids is 1. The molecule has 0 aliphatic carbocycles. The van der Waals surface area contributed by atoms with Crippen molar-refractivity contribution in [2.45, 2.75) is 6.61 Å². The first-order valence-corrected chi connectivity index (χ1v) is 11.8. The van der Waals surface area contributed by atoms with Gasteiger partial charge in [0, 0.05) is 27.2 Å². The molecule has 1 N–H and O–H groups in total. The molecular weight excluding hydrogens is 468 g/mol. The average Bonchev–Trinajstić information content (AvgIpc) is 2.91. The van der Waals surface area contributed by atoms with Crippen LogP contribution in [0.4, 0.5) is 5.69 Å². The third-order valence-electron chi connectivity index (χ3n) is 5.96. The minimum Gasteiger partial charge on any atom is -0.488 e. The molecule has 0 unspecified atom stereocenters. The molecule has 1 amide bonds. The number of rotatable bonds is 6. The van der Waals surface area contributed by atoms with Crippen LogP contribution in [0.3, 0.4) is 0 Å². The maximum absolute atomic E-state index is 13.2. The highest BCUT2D eigenvalue weighted by Gasteiger charge is 2.15. The lowest BCUT2D eigenvalue weighted by atomic mass is 10.0. The Morgan fingerprint density at radius 1 is 0.833 bits per heavy atom. The Morgan fingerprint density at radius 3 is 2.28 bits per heavy atom. The van der Waals surface area contributed by atoms with Crippen molar-refractivity contribution in [3.05, 3.63) is 125 Å². The van der Waals surface area contributed by atoms with Gasteiger partial charge in [0.05, 0.1) is 0 Å². The van der Waals surface area contributed by atoms with Crippen molar-refractivity contribution < 1.29 is 9.53 Å². The smallest absolute Gasteiger partial charge is 0.266 e. The van der Waals surface area contributed by atoms with E-state index < -0.39 is 5.91 Å². The van der Waals surface area contributed by atoms with Crippen molar-refractivity contribution in [1.29, 1.82) is 5.26 Å². The molecule has 5 aromatic rings. The van der Waals surface area contributed by atoms with Crippen LogP contribution in [0.2, 0.25) is 5.02 Å². The van der Waals surface area contributed by atoms with E-state index in [0.717, 1.165) is 27.1 Å². The van der Waals surface area contributed by atoms with Crippen molar-refractivity contribution in [2.24, 2.45) is 0 Å². The number of fused-ring (bicyclic) bond motifs is 2. The monoisotopic (exact) mass is 488 g/mol. The van der Waals surface area contributed by atoms with E-state index in [1.54, 1.807) is 6.08 Å². The normalized spacial score (nSPS) is 11.3. The summed E-state index contributed by atoms with van der Waals surface area (Å²) in [5.41, 5.74) is 2.12. The summed E-state index contributed by atoms with van der Waals surface area (Å²) in [7, 11) is 0. The number of nitrogens with zero attached hydrogens (tertiary/aromatic N) is 1. The molecule has 0 aliphatic heterocycles. The fourth-order valence-electron chi connectivity index (χ4n) is 4.14. The molecule has 0 aliphatic rings. The summed E-state index contributed by atoms with van der Waals surface area (Å²) in [5.74, 6) is 0.0678. The Labute approximate surface area is 214 Å². The van der Waals surface area contributed by atoms with E-state index in [-0.39, 0.29) is 12.2 Å². The van der Waals surface area contributed by atoms with Crippen LogP contribution in [0, 0.1) is 11.3 Å². The van der Waals surface area contributed by atoms with Gasteiger partial charge in [0.25, 0.3) is 5.91 Å². The number of carbonyl (C=O) groups is 1. The van der Waals surface area contributed by atoms with Gasteiger partial charge in [-0.25, -0.2) is 0 Å². The van der Waals surface area contributed by atoms with Crippen LogP contribution < -0.4 is 10.1 Å². The Balaban J connectivity index is 1.52. The average molecular weight is 489 g/mol. The van der Waals surface area contributed by atoms with Gasteiger partial charge in [-0.05, 0) is 40.4 Å². The van der Waals surface area contributed by atoms with Crippen LogP contribution in [-0.4, -0.2) is 5.91 Å². The van der Waals surface area contributed by atoms with Gasteiger partial charge in [-0.3, -0.25) is 4.79 Å². The number of nitrogens with one attached hydrogen (secondary N) is 1. The molecule has 0 saturated carbocycles. The van der Waals surface area contributed by atoms with Crippen LogP contribution in [0.15, 0.2) is 109 Å². The number of halogens is 1. The first-order chi connectivity index (χ1) is 17.6. The van der Waals surface area contributed by atoms with Crippen LogP contribution in [0.5, 0.6) is 5.75 Å². The summed E-state index contributed by atoms with van der Waals surface area (Å²) in [6.07, 6.45) is 1.59. The molecule has 0 aromatic heterocycles. The molecule has 4 nitrogen and oxygen atoms in total. The van der Waals surface area contributed by atoms with Crippen molar-refractivity contribution >= 4 is 50.8 Å². The first-order valence-electron chi connectivity index (χ1n) is 11.4. The Bertz CT molecular complexity index is 1660. The zero-order valence-electron chi connectivity index (χ0n) is 19.2. The fraction of sp³-hybridized carbons (Fsp3) is 0.0323. The second kappa shape index (κ2) is 10.4. The molecule has 0 fully saturated rings. The lowest BCUT2D eigenvalue weighted by Gasteiger charge is -2.14. The minimum atomic E-state index is -0.487. The topological polar surface area (TPSA) is 62.1 Å². The van der Waals surface area contributed by atoms with Gasteiger partial charge in [0.2, 0.25) is 0 Å². The maximum Gasteiger partial charge on any atom is 0.266 e. The minimum absolute atomic E-state index is 0.0260. The summed E-state index contributed by atoms with van der Waals surface area (Å²) in [6.45, 7) is 0.253. The zero-order valence-corrected chi connectivity index (χ0v) is 20.0. The number of amides is 1. The molecule has 0 bridgehead atoms. The maximum atomic E-state index is 13.2. The standard InChI is InChI=1S/C31H21ClN2O2/c32-28-14-6-3-10-23(28)20-36-30-17-16-22-9-1-4-12-25(22)27(30)18-24(19-33)31(35)34-29-15-7-11-21-8-2-5-13-26(21)29/h1-18H,20H2,(H,34,35)/b24-18+. The predicted molar refractivity (Wildman–Crippen MR) is 146 cm³/mol. The van der Waals surface area contributed by atoms with E-state index in [1.807, 2.05) is 103 Å². The van der Waals surface area contributed by atoms with E-state index in [0.29, 0.717) is 22.0 Å². The Morgan fingerprint density at radius 2 is 1.50 bits per heavy atom. The summed E-state index contributed by atoms with van der Waals surface area (Å²) < 4.78 is 6.14. The molecule has 5 rings (SSSR count). The molecule has 0 radical (unpaired) electrons. The molecule has 0 saturated heterocycles. The fourth-order valence-corrected chi connectivity index (χ4v) is 4.33. The number of ether oxygens (including phenoxy) is 1. The zero-order chi connectivity index (χ0) is 24.9. The first kappa shape index (κ1) is 23.2. The molecular formula is C31H21ClN2O2. The molecule has 174 valence electrons. The molecule has 5 aromatic carbocycles. The Hall–Kier alpha value is -4.59. The number of benzene rings is 5. The van der Waals surface area contributed by atoms with E-state index in [1.165, 1.54) is 0 Å². The SMILES string of the molecule is N#C/C(=C\c1c(OCc2ccccc2Cl)ccc2ccccc12)C(=O)Nc1cccc2ccccc12. The lowest BCUT2D eigenvalue weighted by Crippen LogP contribution is -2.13. The predicted octanol–water partition coefficient (Wildman–Crippen LogP) is 7.77. The van der Waals surface area contributed by atoms with Gasteiger partial charge < -0.3 is 10.1 Å². The summed E-state index contributed by atoms with van der Waals surface area (Å²) >= 11 is 6.30. The molecule has 0 heterocycles. The second-order valence-corrected chi connectivity index (χ2v) is 8.64. The van der Waals surface area contributed by atoms with Crippen molar-refractivity contribution in [3.8, 4) is 11.8 Å². The number of hydrogen-bond donors (Lipinski definition) is 1. The number of nitriles is 1. The van der Waals surface area contributed by atoms with Gasteiger partial charge in [-0.15, -0.1) is 0 Å². The summed E-state index contributed by atoms with van der Waals surface area (Å²) in [5, 5.41) is 17.2. The number of hydrogen-bond acceptors (Lipinski definition) is 3. The van der Waals surface area contributed by atoms with Gasteiger partial charge in [-0.2, -0.15) is 5.26 Å². The van der Waals surface area contributed by atoms with E-state index in [4.69, 9.17) is 16.3 Å².